The Morgan fingerprint density at radius 3 is 0.884 bits per heavy atom. The molecule has 6 nitrogen and oxygen atoms in total. The van der Waals surface area contributed by atoms with Crippen LogP contribution >= 0.6 is 0 Å². The van der Waals surface area contributed by atoms with E-state index in [0.717, 1.165) is 83.5 Å². The minimum absolute atomic E-state index is 0.0692. The van der Waals surface area contributed by atoms with Crippen molar-refractivity contribution >= 4 is 17.9 Å². The minimum atomic E-state index is -0.770. The molecule has 0 rings (SSSR count). The summed E-state index contributed by atoms with van der Waals surface area (Å²) in [6.45, 7) is 6.56. The van der Waals surface area contributed by atoms with Crippen LogP contribution in [0.3, 0.4) is 0 Å². The second kappa shape index (κ2) is 57.9. The number of carbonyl (C=O) groups excluding carboxylic acids is 3. The van der Waals surface area contributed by atoms with E-state index >= 15 is 0 Å². The first kappa shape index (κ1) is 66.4. The fourth-order valence-corrected chi connectivity index (χ4v) is 8.85. The summed E-state index contributed by atoms with van der Waals surface area (Å²) in [6.07, 6.45) is 71.1. The van der Waals surface area contributed by atoms with E-state index in [1.807, 2.05) is 0 Å². The first-order chi connectivity index (χ1) is 34.0. The molecule has 0 amide bonds. The van der Waals surface area contributed by atoms with Crippen molar-refractivity contribution in [1.82, 2.24) is 0 Å². The second-order valence-electron chi connectivity index (χ2n) is 20.2. The van der Waals surface area contributed by atoms with Crippen LogP contribution in [0.25, 0.3) is 0 Å². The molecule has 0 fully saturated rings. The second-order valence-corrected chi connectivity index (χ2v) is 20.2. The van der Waals surface area contributed by atoms with Crippen molar-refractivity contribution in [2.24, 2.45) is 0 Å². The van der Waals surface area contributed by atoms with Crippen LogP contribution in [-0.2, 0) is 28.6 Å². The maximum absolute atomic E-state index is 12.9. The molecule has 0 aliphatic heterocycles. The number of esters is 3. The first-order valence-corrected chi connectivity index (χ1v) is 30.1. The van der Waals surface area contributed by atoms with Crippen molar-refractivity contribution in [3.05, 3.63) is 48.6 Å². The molecule has 0 radical (unpaired) electrons. The van der Waals surface area contributed by atoms with E-state index in [1.165, 1.54) is 193 Å². The summed E-state index contributed by atoms with van der Waals surface area (Å²) < 4.78 is 16.9. The van der Waals surface area contributed by atoms with Crippen LogP contribution in [0.4, 0.5) is 0 Å². The van der Waals surface area contributed by atoms with Gasteiger partial charge in [0.15, 0.2) is 6.10 Å². The largest absolute Gasteiger partial charge is 0.462 e. The van der Waals surface area contributed by atoms with Crippen LogP contribution in [0.2, 0.25) is 0 Å². The lowest BCUT2D eigenvalue weighted by atomic mass is 10.0. The van der Waals surface area contributed by atoms with Gasteiger partial charge in [0.1, 0.15) is 13.2 Å². The van der Waals surface area contributed by atoms with Gasteiger partial charge in [-0.15, -0.1) is 0 Å². The summed E-state index contributed by atoms with van der Waals surface area (Å²) in [5, 5.41) is 0. The lowest BCUT2D eigenvalue weighted by Crippen LogP contribution is -2.30. The molecule has 402 valence electrons. The van der Waals surface area contributed by atoms with Crippen molar-refractivity contribution in [2.45, 2.75) is 322 Å². The van der Waals surface area contributed by atoms with Gasteiger partial charge in [-0.2, -0.15) is 0 Å². The van der Waals surface area contributed by atoms with Gasteiger partial charge >= 0.3 is 17.9 Å². The van der Waals surface area contributed by atoms with Crippen LogP contribution in [0.5, 0.6) is 0 Å². The van der Waals surface area contributed by atoms with Gasteiger partial charge in [-0.25, -0.2) is 0 Å². The quantitative estimate of drug-likeness (QED) is 0.0262. The van der Waals surface area contributed by atoms with Crippen LogP contribution in [0.15, 0.2) is 48.6 Å². The zero-order valence-corrected chi connectivity index (χ0v) is 46.1. The molecule has 0 aliphatic carbocycles. The maximum atomic E-state index is 12.9. The first-order valence-electron chi connectivity index (χ1n) is 30.1. The molecule has 69 heavy (non-hydrogen) atoms. The molecule has 0 aromatic heterocycles. The molecule has 0 bridgehead atoms. The predicted molar refractivity (Wildman–Crippen MR) is 298 cm³/mol. The highest BCUT2D eigenvalue weighted by Gasteiger charge is 2.19. The fraction of sp³-hybridized carbons (Fsp3) is 0.825. The number of carbonyl (C=O) groups is 3. The number of hydrogen-bond acceptors (Lipinski definition) is 6. The van der Waals surface area contributed by atoms with Crippen LogP contribution in [-0.4, -0.2) is 37.2 Å². The van der Waals surface area contributed by atoms with Crippen molar-refractivity contribution in [2.75, 3.05) is 13.2 Å². The van der Waals surface area contributed by atoms with E-state index in [-0.39, 0.29) is 31.1 Å². The Hall–Kier alpha value is -2.63. The topological polar surface area (TPSA) is 78.9 Å². The van der Waals surface area contributed by atoms with Crippen molar-refractivity contribution < 1.29 is 28.6 Å². The van der Waals surface area contributed by atoms with Crippen LogP contribution in [0.1, 0.15) is 316 Å². The smallest absolute Gasteiger partial charge is 0.306 e. The molecule has 0 aromatic carbocycles. The summed E-state index contributed by atoms with van der Waals surface area (Å²) in [5.41, 5.74) is 0. The molecule has 0 saturated carbocycles. The van der Waals surface area contributed by atoms with E-state index in [4.69, 9.17) is 14.2 Å². The molecular formula is C63H114O6. The fourth-order valence-electron chi connectivity index (χ4n) is 8.85. The average Bonchev–Trinajstić information content (AvgIpc) is 3.35. The van der Waals surface area contributed by atoms with Crippen molar-refractivity contribution in [3.63, 3.8) is 0 Å². The van der Waals surface area contributed by atoms with Gasteiger partial charge in [-0.1, -0.05) is 288 Å². The van der Waals surface area contributed by atoms with Gasteiger partial charge < -0.3 is 14.2 Å². The summed E-state index contributed by atoms with van der Waals surface area (Å²) in [7, 11) is 0. The van der Waals surface area contributed by atoms with E-state index in [1.54, 1.807) is 0 Å². The molecular weight excluding hydrogens is 853 g/mol. The third-order valence-corrected chi connectivity index (χ3v) is 13.3. The highest BCUT2D eigenvalue weighted by molar-refractivity contribution is 5.71. The number of ether oxygens (including phenoxy) is 3. The maximum Gasteiger partial charge on any atom is 0.306 e. The highest BCUT2D eigenvalue weighted by atomic mass is 16.6. The Kier molecular flexibility index (Phi) is 55.7. The van der Waals surface area contributed by atoms with Gasteiger partial charge in [-0.05, 0) is 57.8 Å². The van der Waals surface area contributed by atoms with Gasteiger partial charge in [-0.3, -0.25) is 14.4 Å². The minimum Gasteiger partial charge on any atom is -0.462 e. The summed E-state index contributed by atoms with van der Waals surface area (Å²) in [5.74, 6) is -0.855. The van der Waals surface area contributed by atoms with Gasteiger partial charge in [0, 0.05) is 19.3 Å². The molecule has 0 aliphatic rings. The highest BCUT2D eigenvalue weighted by Crippen LogP contribution is 2.17. The molecule has 0 N–H and O–H groups in total. The summed E-state index contributed by atoms with van der Waals surface area (Å²) >= 11 is 0. The number of allylic oxidation sites excluding steroid dienone is 8. The van der Waals surface area contributed by atoms with E-state index in [0.29, 0.717) is 19.3 Å². The van der Waals surface area contributed by atoms with E-state index in [2.05, 4.69) is 69.4 Å². The molecule has 1 unspecified atom stereocenters. The molecule has 6 heteroatoms. The van der Waals surface area contributed by atoms with Crippen LogP contribution < -0.4 is 0 Å². The van der Waals surface area contributed by atoms with Crippen molar-refractivity contribution in [1.29, 1.82) is 0 Å². The Morgan fingerprint density at radius 2 is 0.565 bits per heavy atom. The molecule has 0 saturated heterocycles. The normalized spacial score (nSPS) is 12.3. The number of rotatable bonds is 55. The number of unbranched alkanes of at least 4 members (excludes halogenated alkanes) is 36. The Bertz CT molecular complexity index is 1200. The molecule has 0 aromatic rings. The zero-order chi connectivity index (χ0) is 50.0. The molecule has 0 spiro atoms. The van der Waals surface area contributed by atoms with Crippen LogP contribution in [0, 0.1) is 0 Å². The van der Waals surface area contributed by atoms with Gasteiger partial charge in [0.25, 0.3) is 0 Å². The lowest BCUT2D eigenvalue weighted by Gasteiger charge is -2.18. The third-order valence-electron chi connectivity index (χ3n) is 13.3. The molecule has 0 heterocycles. The summed E-state index contributed by atoms with van der Waals surface area (Å²) in [6, 6.07) is 0. The van der Waals surface area contributed by atoms with E-state index < -0.39 is 6.10 Å². The Balaban J connectivity index is 4.26. The SMILES string of the molecule is CC/C=C\C/C=C\C/C=C\C/C=C\CCCCCCCCCCCCC(=O)OCC(COC(=O)CCCCCCCCCCCCC)OC(=O)CCCCCCCCCCCCCCCCCCC. The lowest BCUT2D eigenvalue weighted by molar-refractivity contribution is -0.167. The Labute approximate surface area is 428 Å². The zero-order valence-electron chi connectivity index (χ0n) is 46.1. The predicted octanol–water partition coefficient (Wildman–Crippen LogP) is 20.2. The third kappa shape index (κ3) is 56.2. The van der Waals surface area contributed by atoms with E-state index in [9.17, 15) is 14.4 Å². The standard InChI is InChI=1S/C63H114O6/c1-4-7-10-13-16-19-22-24-26-28-29-30-31-32-33-35-36-38-41-44-47-50-53-56-62(65)68-59-60(58-67-61(64)55-52-49-46-43-40-21-18-15-12-9-6-3)69-63(66)57-54-51-48-45-42-39-37-34-27-25-23-20-17-14-11-8-5-2/h7,10,16,19,24,26,29-30,60H,4-6,8-9,11-15,17-18,20-23,25,27-28,31-59H2,1-3H3/b10-7-,19-16-,26-24-,30-29-. The Morgan fingerprint density at radius 1 is 0.304 bits per heavy atom. The van der Waals surface area contributed by atoms with Gasteiger partial charge in [0.05, 0.1) is 0 Å². The summed E-state index contributed by atoms with van der Waals surface area (Å²) in [4.78, 5) is 38.2. The number of hydrogen-bond donors (Lipinski definition) is 0. The average molecular weight is 968 g/mol. The van der Waals surface area contributed by atoms with Gasteiger partial charge in [0.2, 0.25) is 0 Å². The molecule has 1 atom stereocenters. The van der Waals surface area contributed by atoms with Crippen molar-refractivity contribution in [3.8, 4) is 0 Å². The monoisotopic (exact) mass is 967 g/mol.